The third kappa shape index (κ3) is 3.82. The van der Waals surface area contributed by atoms with E-state index in [0.29, 0.717) is 21.3 Å². The van der Waals surface area contributed by atoms with Gasteiger partial charge in [0.2, 0.25) is 0 Å². The smallest absolute Gasteiger partial charge is 0.359 e. The number of halogens is 2. The summed E-state index contributed by atoms with van der Waals surface area (Å²) in [6.45, 7) is 6.10. The molecule has 0 bridgehead atoms. The number of ether oxygens (including phenoxy) is 1. The zero-order chi connectivity index (χ0) is 18.7. The lowest BCUT2D eigenvalue weighted by Crippen LogP contribution is -2.08. The molecule has 0 aliphatic carbocycles. The van der Waals surface area contributed by atoms with E-state index >= 15 is 0 Å². The maximum absolute atomic E-state index is 12.4. The van der Waals surface area contributed by atoms with Crippen LogP contribution in [0.3, 0.4) is 0 Å². The normalized spacial score (nSPS) is 10.6. The minimum absolute atomic E-state index is 0.226. The third-order valence-electron chi connectivity index (χ3n) is 3.79. The van der Waals surface area contributed by atoms with Gasteiger partial charge in [-0.25, -0.2) is 9.48 Å². The molecule has 4 nitrogen and oxygen atoms in total. The highest BCUT2D eigenvalue weighted by Gasteiger charge is 2.20. The van der Waals surface area contributed by atoms with E-state index in [1.54, 1.807) is 42.1 Å². The molecule has 132 valence electrons. The number of hydrogen-bond donors (Lipinski definition) is 0. The van der Waals surface area contributed by atoms with Gasteiger partial charge in [-0.05, 0) is 42.3 Å². The second-order valence-electron chi connectivity index (χ2n) is 5.52. The number of carbonyl (C=O) groups excluding carboxylic acids is 1. The summed E-state index contributed by atoms with van der Waals surface area (Å²) < 4.78 is 6.71. The molecule has 0 radical (unpaired) electrons. The molecule has 1 heterocycles. The first-order valence-electron chi connectivity index (χ1n) is 7.97. The van der Waals surface area contributed by atoms with E-state index in [-0.39, 0.29) is 12.3 Å². The lowest BCUT2D eigenvalue weighted by Gasteiger charge is -2.05. The van der Waals surface area contributed by atoms with E-state index < -0.39 is 5.97 Å². The Morgan fingerprint density at radius 3 is 2.23 bits per heavy atom. The van der Waals surface area contributed by atoms with E-state index in [9.17, 15) is 4.79 Å². The standard InChI is InChI=1S/C20H16Cl2N2O2/c1-3-26-20(25)19-18(15-6-10-17(22)11-7-15)12-24(23-19)13(2)14-4-8-16(21)9-5-14/h4-12H,2-3H2,1H3. The van der Waals surface area contributed by atoms with Crippen molar-refractivity contribution in [2.45, 2.75) is 6.92 Å². The summed E-state index contributed by atoms with van der Waals surface area (Å²) in [4.78, 5) is 12.4. The summed E-state index contributed by atoms with van der Waals surface area (Å²) in [6, 6.07) is 14.4. The molecule has 0 amide bonds. The van der Waals surface area contributed by atoms with Crippen molar-refractivity contribution in [3.8, 4) is 11.1 Å². The summed E-state index contributed by atoms with van der Waals surface area (Å²) in [5.41, 5.74) is 3.15. The van der Waals surface area contributed by atoms with Crippen LogP contribution in [0.25, 0.3) is 16.8 Å². The van der Waals surface area contributed by atoms with Gasteiger partial charge in [0, 0.05) is 21.8 Å². The molecule has 0 aliphatic heterocycles. The first-order chi connectivity index (χ1) is 12.5. The Bertz CT molecular complexity index is 945. The molecular weight excluding hydrogens is 371 g/mol. The van der Waals surface area contributed by atoms with E-state index in [1.807, 2.05) is 24.3 Å². The van der Waals surface area contributed by atoms with Crippen LogP contribution in [0, 0.1) is 0 Å². The summed E-state index contributed by atoms with van der Waals surface area (Å²) in [7, 11) is 0. The molecule has 1 aromatic heterocycles. The number of aromatic nitrogens is 2. The number of benzene rings is 2. The predicted octanol–water partition coefficient (Wildman–Crippen LogP) is 5.55. The van der Waals surface area contributed by atoms with Gasteiger partial charge in [0.05, 0.1) is 12.3 Å². The summed E-state index contributed by atoms with van der Waals surface area (Å²) >= 11 is 11.9. The van der Waals surface area contributed by atoms with Crippen LogP contribution in [-0.4, -0.2) is 22.4 Å². The van der Waals surface area contributed by atoms with Gasteiger partial charge < -0.3 is 4.74 Å². The van der Waals surface area contributed by atoms with Gasteiger partial charge >= 0.3 is 5.97 Å². The van der Waals surface area contributed by atoms with Gasteiger partial charge in [-0.1, -0.05) is 54.0 Å². The third-order valence-corrected chi connectivity index (χ3v) is 4.30. The molecule has 2 aromatic carbocycles. The molecule has 0 saturated carbocycles. The van der Waals surface area contributed by atoms with Crippen molar-refractivity contribution in [2.24, 2.45) is 0 Å². The van der Waals surface area contributed by atoms with Crippen molar-refractivity contribution in [3.63, 3.8) is 0 Å². The van der Waals surface area contributed by atoms with Crippen molar-refractivity contribution in [3.05, 3.63) is 82.6 Å². The molecule has 0 spiro atoms. The number of hydrogen-bond acceptors (Lipinski definition) is 3. The maximum Gasteiger partial charge on any atom is 0.359 e. The van der Waals surface area contributed by atoms with Crippen LogP contribution in [0.5, 0.6) is 0 Å². The van der Waals surface area contributed by atoms with Crippen LogP contribution in [0.15, 0.2) is 61.3 Å². The zero-order valence-corrected chi connectivity index (χ0v) is 15.6. The Balaban J connectivity index is 2.05. The summed E-state index contributed by atoms with van der Waals surface area (Å²) in [6.07, 6.45) is 1.76. The molecule has 0 fully saturated rings. The average molecular weight is 387 g/mol. The second kappa shape index (κ2) is 7.77. The van der Waals surface area contributed by atoms with Crippen LogP contribution >= 0.6 is 23.2 Å². The average Bonchev–Trinajstić information content (AvgIpc) is 3.08. The highest BCUT2D eigenvalue weighted by atomic mass is 35.5. The van der Waals surface area contributed by atoms with Crippen molar-refractivity contribution in [1.29, 1.82) is 0 Å². The van der Waals surface area contributed by atoms with Crippen LogP contribution < -0.4 is 0 Å². The fourth-order valence-electron chi connectivity index (χ4n) is 2.48. The van der Waals surface area contributed by atoms with Crippen molar-refractivity contribution in [1.82, 2.24) is 9.78 Å². The van der Waals surface area contributed by atoms with Gasteiger partial charge in [-0.15, -0.1) is 0 Å². The molecule has 3 rings (SSSR count). The Hall–Kier alpha value is -2.56. The lowest BCUT2D eigenvalue weighted by atomic mass is 10.1. The van der Waals surface area contributed by atoms with Crippen LogP contribution in [0.4, 0.5) is 0 Å². The lowest BCUT2D eigenvalue weighted by molar-refractivity contribution is 0.0520. The minimum atomic E-state index is -0.486. The van der Waals surface area contributed by atoms with Crippen molar-refractivity contribution in [2.75, 3.05) is 6.61 Å². The molecular formula is C20H16Cl2N2O2. The minimum Gasteiger partial charge on any atom is -0.461 e. The molecule has 3 aromatic rings. The molecule has 0 aliphatic rings. The number of carbonyl (C=O) groups is 1. The number of rotatable bonds is 5. The Morgan fingerprint density at radius 2 is 1.65 bits per heavy atom. The first-order valence-corrected chi connectivity index (χ1v) is 8.73. The fourth-order valence-corrected chi connectivity index (χ4v) is 2.73. The first kappa shape index (κ1) is 18.2. The highest BCUT2D eigenvalue weighted by molar-refractivity contribution is 6.30. The summed E-state index contributed by atoms with van der Waals surface area (Å²) in [5, 5.41) is 5.65. The van der Waals surface area contributed by atoms with E-state index in [1.165, 1.54) is 0 Å². The summed E-state index contributed by atoms with van der Waals surface area (Å²) in [5.74, 6) is -0.486. The molecule has 0 N–H and O–H groups in total. The van der Waals surface area contributed by atoms with Gasteiger partial charge in [-0.2, -0.15) is 5.10 Å². The SMILES string of the molecule is C=C(c1ccc(Cl)cc1)n1cc(-c2ccc(Cl)cc2)c(C(=O)OCC)n1. The molecule has 26 heavy (non-hydrogen) atoms. The van der Waals surface area contributed by atoms with Crippen LogP contribution in [0.1, 0.15) is 23.0 Å². The number of nitrogens with zero attached hydrogens (tertiary/aromatic N) is 2. The van der Waals surface area contributed by atoms with Crippen molar-refractivity contribution >= 4 is 34.9 Å². The zero-order valence-electron chi connectivity index (χ0n) is 14.1. The Labute approximate surface area is 161 Å². The van der Waals surface area contributed by atoms with Crippen LogP contribution in [0.2, 0.25) is 10.0 Å². The van der Waals surface area contributed by atoms with Gasteiger partial charge in [0.25, 0.3) is 0 Å². The van der Waals surface area contributed by atoms with Crippen molar-refractivity contribution < 1.29 is 9.53 Å². The quantitative estimate of drug-likeness (QED) is 0.539. The Morgan fingerprint density at radius 1 is 1.08 bits per heavy atom. The van der Waals surface area contributed by atoms with Gasteiger partial charge in [-0.3, -0.25) is 0 Å². The van der Waals surface area contributed by atoms with E-state index in [4.69, 9.17) is 27.9 Å². The monoisotopic (exact) mass is 386 g/mol. The fraction of sp³-hybridized carbons (Fsp3) is 0.100. The van der Waals surface area contributed by atoms with E-state index in [0.717, 1.165) is 11.1 Å². The molecule has 0 atom stereocenters. The predicted molar refractivity (Wildman–Crippen MR) is 105 cm³/mol. The number of esters is 1. The molecule has 0 saturated heterocycles. The molecule has 6 heteroatoms. The van der Waals surface area contributed by atoms with Gasteiger partial charge in [0.1, 0.15) is 0 Å². The molecule has 0 unspecified atom stereocenters. The van der Waals surface area contributed by atoms with E-state index in [2.05, 4.69) is 11.7 Å². The highest BCUT2D eigenvalue weighted by Crippen LogP contribution is 2.28. The Kier molecular flexibility index (Phi) is 5.45. The second-order valence-corrected chi connectivity index (χ2v) is 6.39. The van der Waals surface area contributed by atoms with Crippen LogP contribution in [-0.2, 0) is 4.74 Å². The topological polar surface area (TPSA) is 44.1 Å². The largest absolute Gasteiger partial charge is 0.461 e. The van der Waals surface area contributed by atoms with Gasteiger partial charge in [0.15, 0.2) is 5.69 Å². The maximum atomic E-state index is 12.4.